The number of likely N-dealkylation sites (tertiary alicyclic amines) is 1. The molecule has 1 aromatic carbocycles. The number of aromatic nitrogens is 2. The largest absolute Gasteiger partial charge is 0.355 e. The van der Waals surface area contributed by atoms with Crippen LogP contribution in [0.2, 0.25) is 0 Å². The van der Waals surface area contributed by atoms with Gasteiger partial charge in [0.25, 0.3) is 0 Å². The van der Waals surface area contributed by atoms with Gasteiger partial charge in [-0.25, -0.2) is 4.98 Å². The summed E-state index contributed by atoms with van der Waals surface area (Å²) in [5.74, 6) is 1.01. The van der Waals surface area contributed by atoms with E-state index in [4.69, 9.17) is 4.98 Å². The van der Waals surface area contributed by atoms with Crippen LogP contribution in [0.3, 0.4) is 0 Å². The summed E-state index contributed by atoms with van der Waals surface area (Å²) >= 11 is 0. The fraction of sp³-hybridized carbons (Fsp3) is 0.550. The van der Waals surface area contributed by atoms with Crippen molar-refractivity contribution in [1.82, 2.24) is 19.8 Å². The van der Waals surface area contributed by atoms with Crippen molar-refractivity contribution in [2.75, 3.05) is 19.6 Å². The molecule has 2 amide bonds. The van der Waals surface area contributed by atoms with Crippen molar-refractivity contribution < 1.29 is 9.59 Å². The normalized spacial score (nSPS) is 14.8. The summed E-state index contributed by atoms with van der Waals surface area (Å²) in [5.41, 5.74) is 1.45. The van der Waals surface area contributed by atoms with Crippen LogP contribution < -0.4 is 5.32 Å². The fourth-order valence-corrected chi connectivity index (χ4v) is 3.25. The highest BCUT2D eigenvalue weighted by atomic mass is 16.2. The standard InChI is InChI=1S/C20H28N4O2/c1-20(2,3)19(26)21-11-10-17-22-15-8-4-5-9-16(15)24(17)14-18(25)23-12-6-7-13-23/h4-5,8-9H,6-7,10-14H2,1-3H3,(H,21,26). The van der Waals surface area contributed by atoms with Crippen LogP contribution >= 0.6 is 0 Å². The van der Waals surface area contributed by atoms with Gasteiger partial charge in [-0.2, -0.15) is 0 Å². The number of para-hydroxylation sites is 2. The van der Waals surface area contributed by atoms with Crippen LogP contribution in [0.1, 0.15) is 39.4 Å². The monoisotopic (exact) mass is 356 g/mol. The minimum absolute atomic E-state index is 0.0216. The topological polar surface area (TPSA) is 67.2 Å². The smallest absolute Gasteiger partial charge is 0.242 e. The van der Waals surface area contributed by atoms with Gasteiger partial charge < -0.3 is 14.8 Å². The highest BCUT2D eigenvalue weighted by Gasteiger charge is 2.22. The molecule has 140 valence electrons. The van der Waals surface area contributed by atoms with Crippen molar-refractivity contribution in [2.45, 2.75) is 46.6 Å². The Hall–Kier alpha value is -2.37. The van der Waals surface area contributed by atoms with Crippen molar-refractivity contribution >= 4 is 22.8 Å². The Labute approximate surface area is 154 Å². The minimum Gasteiger partial charge on any atom is -0.355 e. The molecule has 2 heterocycles. The molecule has 1 aromatic heterocycles. The molecular formula is C20H28N4O2. The van der Waals surface area contributed by atoms with E-state index in [1.807, 2.05) is 54.5 Å². The Morgan fingerprint density at radius 3 is 2.54 bits per heavy atom. The third-order valence-electron chi connectivity index (χ3n) is 4.80. The van der Waals surface area contributed by atoms with Gasteiger partial charge in [-0.3, -0.25) is 9.59 Å². The number of hydrogen-bond donors (Lipinski definition) is 1. The van der Waals surface area contributed by atoms with Crippen LogP contribution in [0, 0.1) is 5.41 Å². The lowest BCUT2D eigenvalue weighted by molar-refractivity contribution is -0.131. The summed E-state index contributed by atoms with van der Waals surface area (Å²) < 4.78 is 2.00. The van der Waals surface area contributed by atoms with Crippen molar-refractivity contribution in [3.8, 4) is 0 Å². The Bertz CT molecular complexity index is 798. The predicted octanol–water partition coefficient (Wildman–Crippen LogP) is 2.36. The van der Waals surface area contributed by atoms with Gasteiger partial charge in [0.2, 0.25) is 11.8 Å². The van der Waals surface area contributed by atoms with Crippen molar-refractivity contribution in [1.29, 1.82) is 0 Å². The van der Waals surface area contributed by atoms with E-state index in [0.29, 0.717) is 19.5 Å². The molecule has 26 heavy (non-hydrogen) atoms. The van der Waals surface area contributed by atoms with E-state index in [1.54, 1.807) is 0 Å². The first-order valence-corrected chi connectivity index (χ1v) is 9.36. The zero-order valence-corrected chi connectivity index (χ0v) is 15.9. The molecule has 0 unspecified atom stereocenters. The number of amides is 2. The third kappa shape index (κ3) is 4.06. The SMILES string of the molecule is CC(C)(C)C(=O)NCCc1nc2ccccc2n1CC(=O)N1CCCC1. The molecule has 2 aromatic rings. The Morgan fingerprint density at radius 1 is 1.15 bits per heavy atom. The first kappa shape index (κ1) is 18.4. The van der Waals surface area contributed by atoms with Gasteiger partial charge >= 0.3 is 0 Å². The second-order valence-electron chi connectivity index (χ2n) is 7.95. The zero-order chi connectivity index (χ0) is 18.7. The number of carbonyl (C=O) groups excluding carboxylic acids is 2. The molecule has 1 aliphatic heterocycles. The summed E-state index contributed by atoms with van der Waals surface area (Å²) in [4.78, 5) is 31.3. The molecule has 6 nitrogen and oxygen atoms in total. The molecular weight excluding hydrogens is 328 g/mol. The zero-order valence-electron chi connectivity index (χ0n) is 15.9. The van der Waals surface area contributed by atoms with Gasteiger partial charge in [0.05, 0.1) is 11.0 Å². The molecule has 0 atom stereocenters. The van der Waals surface area contributed by atoms with Gasteiger partial charge in [0.1, 0.15) is 12.4 Å². The number of hydrogen-bond acceptors (Lipinski definition) is 3. The van der Waals surface area contributed by atoms with Gasteiger partial charge in [-0.1, -0.05) is 32.9 Å². The molecule has 0 spiro atoms. The third-order valence-corrected chi connectivity index (χ3v) is 4.80. The van der Waals surface area contributed by atoms with Crippen LogP contribution in [0.15, 0.2) is 24.3 Å². The summed E-state index contributed by atoms with van der Waals surface area (Å²) in [6, 6.07) is 7.87. The highest BCUT2D eigenvalue weighted by molar-refractivity contribution is 5.82. The number of fused-ring (bicyclic) bond motifs is 1. The van der Waals surface area contributed by atoms with Gasteiger partial charge in [-0.15, -0.1) is 0 Å². The second kappa shape index (κ2) is 7.48. The van der Waals surface area contributed by atoms with E-state index < -0.39 is 5.41 Å². The first-order valence-electron chi connectivity index (χ1n) is 9.36. The van der Waals surface area contributed by atoms with Gasteiger partial charge in [0.15, 0.2) is 0 Å². The number of carbonyl (C=O) groups is 2. The average molecular weight is 356 g/mol. The van der Waals surface area contributed by atoms with E-state index in [2.05, 4.69) is 5.32 Å². The van der Waals surface area contributed by atoms with Crippen molar-refractivity contribution in [2.24, 2.45) is 5.41 Å². The summed E-state index contributed by atoms with van der Waals surface area (Å²) in [7, 11) is 0. The Balaban J connectivity index is 1.76. The van der Waals surface area contributed by atoms with Crippen molar-refractivity contribution in [3.63, 3.8) is 0 Å². The Kier molecular flexibility index (Phi) is 5.30. The van der Waals surface area contributed by atoms with Crippen LogP contribution in [-0.2, 0) is 22.6 Å². The second-order valence-corrected chi connectivity index (χ2v) is 7.95. The molecule has 1 aliphatic rings. The average Bonchev–Trinajstić information content (AvgIpc) is 3.23. The lowest BCUT2D eigenvalue weighted by Crippen LogP contribution is -2.36. The molecule has 1 fully saturated rings. The first-order chi connectivity index (χ1) is 12.4. The molecule has 0 saturated carbocycles. The fourth-order valence-electron chi connectivity index (χ4n) is 3.25. The van der Waals surface area contributed by atoms with Crippen LogP contribution in [0.4, 0.5) is 0 Å². The van der Waals surface area contributed by atoms with E-state index in [-0.39, 0.29) is 11.8 Å². The van der Waals surface area contributed by atoms with Gasteiger partial charge in [0, 0.05) is 31.5 Å². The molecule has 3 rings (SSSR count). The molecule has 6 heteroatoms. The maximum Gasteiger partial charge on any atom is 0.242 e. The van der Waals surface area contributed by atoms with Crippen LogP contribution in [0.25, 0.3) is 11.0 Å². The van der Waals surface area contributed by atoms with Crippen LogP contribution in [0.5, 0.6) is 0 Å². The summed E-state index contributed by atoms with van der Waals surface area (Å²) in [5, 5.41) is 2.96. The maximum absolute atomic E-state index is 12.6. The maximum atomic E-state index is 12.6. The van der Waals surface area contributed by atoms with E-state index >= 15 is 0 Å². The number of nitrogens with zero attached hydrogens (tertiary/aromatic N) is 3. The number of rotatable bonds is 5. The quantitative estimate of drug-likeness (QED) is 0.894. The number of benzene rings is 1. The van der Waals surface area contributed by atoms with E-state index in [9.17, 15) is 9.59 Å². The molecule has 0 aliphatic carbocycles. The Morgan fingerprint density at radius 2 is 1.85 bits per heavy atom. The lowest BCUT2D eigenvalue weighted by Gasteiger charge is -2.18. The lowest BCUT2D eigenvalue weighted by atomic mass is 9.96. The highest BCUT2D eigenvalue weighted by Crippen LogP contribution is 2.18. The minimum atomic E-state index is -0.411. The van der Waals surface area contributed by atoms with Gasteiger partial charge in [-0.05, 0) is 25.0 Å². The molecule has 1 N–H and O–H groups in total. The summed E-state index contributed by atoms with van der Waals surface area (Å²) in [6.45, 7) is 8.20. The number of nitrogens with one attached hydrogen (secondary N) is 1. The van der Waals surface area contributed by atoms with Crippen molar-refractivity contribution in [3.05, 3.63) is 30.1 Å². The van der Waals surface area contributed by atoms with Crippen LogP contribution in [-0.4, -0.2) is 45.9 Å². The number of imidazole rings is 1. The molecule has 0 bridgehead atoms. The molecule has 1 saturated heterocycles. The summed E-state index contributed by atoms with van der Waals surface area (Å²) in [6.07, 6.45) is 2.77. The van der Waals surface area contributed by atoms with E-state index in [0.717, 1.165) is 42.8 Å². The van der Waals surface area contributed by atoms with E-state index in [1.165, 1.54) is 0 Å². The predicted molar refractivity (Wildman–Crippen MR) is 102 cm³/mol. The molecule has 0 radical (unpaired) electrons.